The monoisotopic (exact) mass is 432 g/mol. The Morgan fingerprint density at radius 2 is 1.65 bits per heavy atom. The number of benzene rings is 1. The first-order valence-electron chi connectivity index (χ1n) is 10.4. The van der Waals surface area contributed by atoms with Gasteiger partial charge in [0, 0.05) is 19.5 Å². The first-order valence-corrected chi connectivity index (χ1v) is 10.4. The van der Waals surface area contributed by atoms with Crippen molar-refractivity contribution in [2.45, 2.75) is 50.2 Å². The Morgan fingerprint density at radius 1 is 1.03 bits per heavy atom. The largest absolute Gasteiger partial charge is 0.508 e. The van der Waals surface area contributed by atoms with Crippen molar-refractivity contribution < 1.29 is 29.4 Å². The molecule has 3 amide bonds. The summed E-state index contributed by atoms with van der Waals surface area (Å²) in [6.45, 7) is 0.671. The van der Waals surface area contributed by atoms with Gasteiger partial charge in [-0.05, 0) is 43.4 Å². The van der Waals surface area contributed by atoms with E-state index in [0.717, 1.165) is 0 Å². The van der Waals surface area contributed by atoms with Crippen LogP contribution in [0, 0.1) is 0 Å². The molecule has 2 aliphatic rings. The minimum atomic E-state index is -1.19. The Bertz CT molecular complexity index is 843. The van der Waals surface area contributed by atoms with Crippen LogP contribution in [0.4, 0.5) is 0 Å². The van der Waals surface area contributed by atoms with Gasteiger partial charge in [0.2, 0.25) is 17.7 Å². The molecule has 0 radical (unpaired) electrons. The number of carbonyl (C=O) groups excluding carboxylic acids is 3. The molecule has 0 aliphatic carbocycles. The maximum Gasteiger partial charge on any atom is 0.326 e. The Kier molecular flexibility index (Phi) is 7.11. The molecule has 5 N–H and O–H groups in total. The van der Waals surface area contributed by atoms with E-state index in [9.17, 15) is 29.4 Å². The highest BCUT2D eigenvalue weighted by molar-refractivity contribution is 5.94. The average Bonchev–Trinajstić information content (AvgIpc) is 3.43. The van der Waals surface area contributed by atoms with Crippen LogP contribution in [-0.4, -0.2) is 81.5 Å². The molecule has 2 heterocycles. The minimum Gasteiger partial charge on any atom is -0.508 e. The standard InChI is InChI=1S/C21H28N4O6/c22-12-18(27)24-9-2-4-17(24)20(29)25-10-1-3-16(25)19(28)23-15(21(30)31)11-13-5-7-14(26)8-6-13/h5-8,15-17,26H,1-4,9-12,22H2,(H,23,28)(H,30,31). The molecule has 2 saturated heterocycles. The molecule has 2 fully saturated rings. The minimum absolute atomic E-state index is 0.0451. The first-order chi connectivity index (χ1) is 14.8. The number of phenols is 1. The summed E-state index contributed by atoms with van der Waals surface area (Å²) in [5, 5.41) is 21.5. The quantitative estimate of drug-likeness (QED) is 0.451. The Morgan fingerprint density at radius 3 is 2.26 bits per heavy atom. The van der Waals surface area contributed by atoms with Crippen LogP contribution in [0.1, 0.15) is 31.2 Å². The molecule has 168 valence electrons. The normalized spacial score (nSPS) is 21.7. The molecule has 3 unspecified atom stereocenters. The molecule has 1 aromatic rings. The molecule has 10 nitrogen and oxygen atoms in total. The first kappa shape index (κ1) is 22.5. The molecular formula is C21H28N4O6. The Hall–Kier alpha value is -3.14. The van der Waals surface area contributed by atoms with Crippen LogP contribution in [0.5, 0.6) is 5.75 Å². The molecule has 0 bridgehead atoms. The van der Waals surface area contributed by atoms with Crippen molar-refractivity contribution in [3.05, 3.63) is 29.8 Å². The number of carboxylic acid groups (broad SMARTS) is 1. The number of aromatic hydroxyl groups is 1. The fraction of sp³-hybridized carbons (Fsp3) is 0.524. The summed E-state index contributed by atoms with van der Waals surface area (Å²) in [4.78, 5) is 52.7. The second-order valence-corrected chi connectivity index (χ2v) is 7.91. The van der Waals surface area contributed by atoms with E-state index in [1.54, 1.807) is 12.1 Å². The van der Waals surface area contributed by atoms with Gasteiger partial charge in [0.1, 0.15) is 23.9 Å². The SMILES string of the molecule is NCC(=O)N1CCCC1C(=O)N1CCCC1C(=O)NC(Cc1ccc(O)cc1)C(=O)O. The van der Waals surface area contributed by atoms with Gasteiger partial charge in [-0.3, -0.25) is 14.4 Å². The van der Waals surface area contributed by atoms with Crippen molar-refractivity contribution in [1.82, 2.24) is 15.1 Å². The molecule has 2 aliphatic heterocycles. The third kappa shape index (κ3) is 5.13. The van der Waals surface area contributed by atoms with Crippen LogP contribution < -0.4 is 11.1 Å². The van der Waals surface area contributed by atoms with Crippen LogP contribution in [0.25, 0.3) is 0 Å². The summed E-state index contributed by atoms with van der Waals surface area (Å²) in [6.07, 6.45) is 2.32. The number of phenolic OH excluding ortho intramolecular Hbond substituents is 1. The molecule has 3 atom stereocenters. The van der Waals surface area contributed by atoms with Gasteiger partial charge >= 0.3 is 5.97 Å². The predicted molar refractivity (Wildman–Crippen MR) is 110 cm³/mol. The van der Waals surface area contributed by atoms with E-state index < -0.39 is 30.0 Å². The molecule has 1 aromatic carbocycles. The third-order valence-corrected chi connectivity index (χ3v) is 5.86. The number of likely N-dealkylation sites (tertiary alicyclic amines) is 2. The van der Waals surface area contributed by atoms with E-state index in [0.29, 0.717) is 44.3 Å². The Balaban J connectivity index is 1.67. The second kappa shape index (κ2) is 9.78. The summed E-state index contributed by atoms with van der Waals surface area (Å²) in [5.74, 6) is -2.23. The van der Waals surface area contributed by atoms with Crippen LogP contribution >= 0.6 is 0 Å². The molecular weight excluding hydrogens is 404 g/mol. The van der Waals surface area contributed by atoms with Gasteiger partial charge in [-0.25, -0.2) is 4.79 Å². The number of nitrogens with two attached hydrogens (primary N) is 1. The van der Waals surface area contributed by atoms with Gasteiger partial charge in [0.25, 0.3) is 0 Å². The van der Waals surface area contributed by atoms with Crippen molar-refractivity contribution in [2.24, 2.45) is 5.73 Å². The van der Waals surface area contributed by atoms with Crippen molar-refractivity contribution in [1.29, 1.82) is 0 Å². The van der Waals surface area contributed by atoms with E-state index in [4.69, 9.17) is 5.73 Å². The van der Waals surface area contributed by atoms with Gasteiger partial charge in [-0.1, -0.05) is 12.1 Å². The van der Waals surface area contributed by atoms with Gasteiger partial charge in [0.15, 0.2) is 0 Å². The molecule has 0 spiro atoms. The Labute approximate surface area is 180 Å². The van der Waals surface area contributed by atoms with E-state index in [2.05, 4.69) is 5.32 Å². The van der Waals surface area contributed by atoms with Crippen molar-refractivity contribution in [3.63, 3.8) is 0 Å². The van der Waals surface area contributed by atoms with Gasteiger partial charge in [0.05, 0.1) is 6.54 Å². The molecule has 3 rings (SSSR count). The zero-order valence-electron chi connectivity index (χ0n) is 17.2. The summed E-state index contributed by atoms with van der Waals surface area (Å²) in [6, 6.07) is 3.50. The van der Waals surface area contributed by atoms with Crippen molar-refractivity contribution in [3.8, 4) is 5.75 Å². The van der Waals surface area contributed by atoms with Gasteiger partial charge in [-0.2, -0.15) is 0 Å². The summed E-state index contributed by atoms with van der Waals surface area (Å²) < 4.78 is 0. The predicted octanol–water partition coefficient (Wildman–Crippen LogP) is -0.555. The summed E-state index contributed by atoms with van der Waals surface area (Å²) in [7, 11) is 0. The zero-order chi connectivity index (χ0) is 22.5. The van der Waals surface area contributed by atoms with Crippen LogP contribution in [0.3, 0.4) is 0 Å². The summed E-state index contributed by atoms with van der Waals surface area (Å²) >= 11 is 0. The van der Waals surface area contributed by atoms with Crippen LogP contribution in [0.15, 0.2) is 24.3 Å². The number of nitrogens with zero attached hydrogens (tertiary/aromatic N) is 2. The van der Waals surface area contributed by atoms with E-state index in [1.165, 1.54) is 21.9 Å². The van der Waals surface area contributed by atoms with Crippen LogP contribution in [0.2, 0.25) is 0 Å². The maximum absolute atomic E-state index is 13.1. The number of rotatable bonds is 7. The lowest BCUT2D eigenvalue weighted by molar-refractivity contribution is -0.147. The zero-order valence-corrected chi connectivity index (χ0v) is 17.2. The maximum atomic E-state index is 13.1. The van der Waals surface area contributed by atoms with Crippen molar-refractivity contribution >= 4 is 23.7 Å². The fourth-order valence-corrected chi connectivity index (χ4v) is 4.27. The average molecular weight is 432 g/mol. The number of aliphatic carboxylic acids is 1. The van der Waals surface area contributed by atoms with Gasteiger partial charge in [-0.15, -0.1) is 0 Å². The number of nitrogens with one attached hydrogen (secondary N) is 1. The highest BCUT2D eigenvalue weighted by Crippen LogP contribution is 2.25. The third-order valence-electron chi connectivity index (χ3n) is 5.86. The number of hydrogen-bond acceptors (Lipinski definition) is 6. The molecule has 10 heteroatoms. The fourth-order valence-electron chi connectivity index (χ4n) is 4.27. The second-order valence-electron chi connectivity index (χ2n) is 7.91. The van der Waals surface area contributed by atoms with Crippen LogP contribution in [-0.2, 0) is 25.6 Å². The van der Waals surface area contributed by atoms with E-state index >= 15 is 0 Å². The number of carboxylic acids is 1. The smallest absolute Gasteiger partial charge is 0.326 e. The summed E-state index contributed by atoms with van der Waals surface area (Å²) in [5.41, 5.74) is 6.09. The number of carbonyl (C=O) groups is 4. The lowest BCUT2D eigenvalue weighted by Crippen LogP contribution is -2.55. The number of hydrogen-bond donors (Lipinski definition) is 4. The molecule has 31 heavy (non-hydrogen) atoms. The molecule has 0 aromatic heterocycles. The highest BCUT2D eigenvalue weighted by Gasteiger charge is 2.42. The van der Waals surface area contributed by atoms with Gasteiger partial charge < -0.3 is 31.1 Å². The lowest BCUT2D eigenvalue weighted by Gasteiger charge is -2.31. The van der Waals surface area contributed by atoms with Crippen molar-refractivity contribution in [2.75, 3.05) is 19.6 Å². The highest BCUT2D eigenvalue weighted by atomic mass is 16.4. The van der Waals surface area contributed by atoms with E-state index in [-0.39, 0.29) is 30.5 Å². The lowest BCUT2D eigenvalue weighted by atomic mass is 10.0. The molecule has 0 saturated carbocycles. The topological polar surface area (TPSA) is 153 Å². The number of amides is 3. The van der Waals surface area contributed by atoms with E-state index in [1.807, 2.05) is 0 Å².